The van der Waals surface area contributed by atoms with E-state index >= 15 is 0 Å². The summed E-state index contributed by atoms with van der Waals surface area (Å²) in [5.41, 5.74) is 0. The Balaban J connectivity index is 2.26. The van der Waals surface area contributed by atoms with Crippen LogP contribution in [-0.2, 0) is 19.9 Å². The summed E-state index contributed by atoms with van der Waals surface area (Å²) in [6.07, 6.45) is 0.918. The highest BCUT2D eigenvalue weighted by atomic mass is 35.5. The van der Waals surface area contributed by atoms with Crippen LogP contribution >= 0.6 is 11.6 Å². The lowest BCUT2D eigenvalue weighted by Gasteiger charge is -2.32. The molecule has 2 rings (SSSR count). The van der Waals surface area contributed by atoms with Gasteiger partial charge < -0.3 is 0 Å². The summed E-state index contributed by atoms with van der Waals surface area (Å²) in [4.78, 5) is -0.129. The Hall–Kier alpha value is -0.700. The Kier molecular flexibility index (Phi) is 5.95. The lowest BCUT2D eigenvalue weighted by Crippen LogP contribution is -2.46. The number of nitrogens with zero attached hydrogens (tertiary/aromatic N) is 1. The van der Waals surface area contributed by atoms with E-state index in [0.717, 1.165) is 22.5 Å². The van der Waals surface area contributed by atoms with Gasteiger partial charge in [0.1, 0.15) is 5.82 Å². The molecule has 1 saturated heterocycles. The van der Waals surface area contributed by atoms with Gasteiger partial charge in [-0.3, -0.25) is 0 Å². The predicted molar refractivity (Wildman–Crippen MR) is 91.8 cm³/mol. The summed E-state index contributed by atoms with van der Waals surface area (Å²) in [6, 6.07) is 3.19. The highest BCUT2D eigenvalue weighted by Crippen LogP contribution is 2.27. The minimum Gasteiger partial charge on any atom is -0.228 e. The number of sulfone groups is 1. The molecule has 9 heteroatoms. The van der Waals surface area contributed by atoms with Crippen molar-refractivity contribution in [1.29, 1.82) is 0 Å². The second-order valence-corrected chi connectivity index (χ2v) is 11.1. The molecule has 1 aromatic rings. The van der Waals surface area contributed by atoms with Gasteiger partial charge in [0.05, 0.1) is 20.9 Å². The largest absolute Gasteiger partial charge is 0.243 e. The number of benzene rings is 1. The van der Waals surface area contributed by atoms with E-state index < -0.39 is 30.9 Å². The first kappa shape index (κ1) is 19.6. The van der Waals surface area contributed by atoms with Crippen LogP contribution in [0, 0.1) is 11.7 Å². The minimum atomic E-state index is -3.91. The molecule has 0 aromatic heterocycles. The van der Waals surface area contributed by atoms with E-state index in [1.54, 1.807) is 0 Å². The Morgan fingerprint density at radius 3 is 2.54 bits per heavy atom. The molecule has 1 aromatic carbocycles. The minimum absolute atomic E-state index is 0.0158. The fraction of sp³-hybridized carbons (Fsp3) is 0.600. The average molecular weight is 398 g/mol. The average Bonchev–Trinajstić information content (AvgIpc) is 2.49. The number of hydrogen-bond donors (Lipinski definition) is 0. The van der Waals surface area contributed by atoms with Crippen LogP contribution in [0.1, 0.15) is 26.7 Å². The maximum Gasteiger partial charge on any atom is 0.243 e. The van der Waals surface area contributed by atoms with E-state index in [4.69, 9.17) is 11.6 Å². The third-order valence-electron chi connectivity index (χ3n) is 3.94. The summed E-state index contributed by atoms with van der Waals surface area (Å²) >= 11 is 5.66. The van der Waals surface area contributed by atoms with Crippen molar-refractivity contribution in [1.82, 2.24) is 4.31 Å². The number of halogens is 2. The molecule has 1 fully saturated rings. The Morgan fingerprint density at radius 1 is 1.29 bits per heavy atom. The number of piperidine rings is 1. The quantitative estimate of drug-likeness (QED) is 0.765. The van der Waals surface area contributed by atoms with Gasteiger partial charge in [-0.05, 0) is 37.0 Å². The fourth-order valence-electron chi connectivity index (χ4n) is 2.80. The van der Waals surface area contributed by atoms with E-state index in [0.29, 0.717) is 12.8 Å². The van der Waals surface area contributed by atoms with Crippen LogP contribution in [0.4, 0.5) is 4.39 Å². The maximum absolute atomic E-state index is 13.2. The molecule has 136 valence electrons. The molecule has 0 radical (unpaired) electrons. The van der Waals surface area contributed by atoms with Gasteiger partial charge in [-0.25, -0.2) is 21.2 Å². The van der Waals surface area contributed by atoms with E-state index in [2.05, 4.69) is 0 Å². The first-order chi connectivity index (χ1) is 11.0. The van der Waals surface area contributed by atoms with Crippen molar-refractivity contribution >= 4 is 31.5 Å². The molecule has 0 spiro atoms. The van der Waals surface area contributed by atoms with Crippen molar-refractivity contribution in [2.75, 3.05) is 18.8 Å². The summed E-state index contributed by atoms with van der Waals surface area (Å²) in [5, 5.41) is -0.989. The zero-order valence-corrected chi connectivity index (χ0v) is 16.0. The number of rotatable bonds is 5. The third-order valence-corrected chi connectivity index (χ3v) is 8.63. The molecular weight excluding hydrogens is 377 g/mol. The van der Waals surface area contributed by atoms with Gasteiger partial charge in [-0.2, -0.15) is 4.31 Å². The molecule has 24 heavy (non-hydrogen) atoms. The predicted octanol–water partition coefficient (Wildman–Crippen LogP) is 2.70. The first-order valence-electron chi connectivity index (χ1n) is 7.71. The Labute approximate surface area is 147 Å². The number of hydrogen-bond acceptors (Lipinski definition) is 4. The normalized spacial score (nSPS) is 20.5. The molecule has 5 nitrogen and oxygen atoms in total. The smallest absolute Gasteiger partial charge is 0.228 e. The van der Waals surface area contributed by atoms with E-state index in [1.165, 1.54) is 0 Å². The Morgan fingerprint density at radius 2 is 1.96 bits per heavy atom. The summed E-state index contributed by atoms with van der Waals surface area (Å²) < 4.78 is 64.6. The molecule has 1 aliphatic rings. The molecule has 1 unspecified atom stereocenters. The molecular formula is C15H21ClFNO4S2. The standard InChI is InChI=1S/C15H21ClFNO4S2/c1-11(2)10-23(19,20)13-4-3-7-18(9-13)24(21,22)12-5-6-15(17)14(16)8-12/h5-6,8,11,13H,3-4,7,9-10H2,1-2H3. The summed E-state index contributed by atoms with van der Waals surface area (Å²) in [6.45, 7) is 3.79. The van der Waals surface area contributed by atoms with Gasteiger partial charge in [0.25, 0.3) is 0 Å². The molecule has 0 saturated carbocycles. The maximum atomic E-state index is 13.2. The fourth-order valence-corrected chi connectivity index (χ4v) is 6.83. The lowest BCUT2D eigenvalue weighted by molar-refractivity contribution is 0.345. The van der Waals surface area contributed by atoms with Gasteiger partial charge in [0.2, 0.25) is 10.0 Å². The van der Waals surface area contributed by atoms with Crippen molar-refractivity contribution in [3.05, 3.63) is 29.0 Å². The number of sulfonamides is 1. The lowest BCUT2D eigenvalue weighted by atomic mass is 10.2. The second kappa shape index (κ2) is 7.27. The molecule has 0 aliphatic carbocycles. The zero-order chi connectivity index (χ0) is 18.1. The topological polar surface area (TPSA) is 71.5 Å². The molecule has 0 bridgehead atoms. The molecule has 1 atom stereocenters. The summed E-state index contributed by atoms with van der Waals surface area (Å²) in [5.74, 6) is -0.682. The molecule has 0 amide bonds. The van der Waals surface area contributed by atoms with Crippen molar-refractivity contribution < 1.29 is 21.2 Å². The van der Waals surface area contributed by atoms with Crippen molar-refractivity contribution in [3.63, 3.8) is 0 Å². The van der Waals surface area contributed by atoms with Gasteiger partial charge in [0, 0.05) is 13.1 Å². The Bertz CT molecular complexity index is 809. The third kappa shape index (κ3) is 4.28. The SMILES string of the molecule is CC(C)CS(=O)(=O)C1CCCN(S(=O)(=O)c2ccc(F)c(Cl)c2)C1. The molecule has 1 aliphatic heterocycles. The van der Waals surface area contributed by atoms with Crippen LogP contribution in [0.5, 0.6) is 0 Å². The highest BCUT2D eigenvalue weighted by Gasteiger charge is 2.36. The highest BCUT2D eigenvalue weighted by molar-refractivity contribution is 7.92. The van der Waals surface area contributed by atoms with Gasteiger partial charge >= 0.3 is 0 Å². The monoisotopic (exact) mass is 397 g/mol. The van der Waals surface area contributed by atoms with Gasteiger partial charge in [0.15, 0.2) is 9.84 Å². The summed E-state index contributed by atoms with van der Waals surface area (Å²) in [7, 11) is -7.27. The first-order valence-corrected chi connectivity index (χ1v) is 11.2. The van der Waals surface area contributed by atoms with Crippen molar-refractivity contribution in [2.24, 2.45) is 5.92 Å². The van der Waals surface area contributed by atoms with Crippen LogP contribution in [0.15, 0.2) is 23.1 Å². The molecule has 0 N–H and O–H groups in total. The molecule has 1 heterocycles. The van der Waals surface area contributed by atoms with E-state index in [1.807, 2.05) is 13.8 Å². The van der Waals surface area contributed by atoms with Gasteiger partial charge in [-0.1, -0.05) is 25.4 Å². The van der Waals surface area contributed by atoms with Crippen LogP contribution in [-0.4, -0.2) is 45.2 Å². The van der Waals surface area contributed by atoms with Crippen LogP contribution in [0.2, 0.25) is 5.02 Å². The van der Waals surface area contributed by atoms with Crippen LogP contribution < -0.4 is 0 Å². The van der Waals surface area contributed by atoms with Crippen LogP contribution in [0.3, 0.4) is 0 Å². The van der Waals surface area contributed by atoms with E-state index in [-0.39, 0.29) is 34.7 Å². The van der Waals surface area contributed by atoms with E-state index in [9.17, 15) is 21.2 Å². The van der Waals surface area contributed by atoms with Gasteiger partial charge in [-0.15, -0.1) is 0 Å². The van der Waals surface area contributed by atoms with Crippen molar-refractivity contribution in [2.45, 2.75) is 36.8 Å². The van der Waals surface area contributed by atoms with Crippen LogP contribution in [0.25, 0.3) is 0 Å². The second-order valence-electron chi connectivity index (χ2n) is 6.43. The zero-order valence-electron chi connectivity index (χ0n) is 13.6. The van der Waals surface area contributed by atoms with Crippen molar-refractivity contribution in [3.8, 4) is 0 Å².